The minimum atomic E-state index is -4.64. The molecule has 0 aromatic heterocycles. The van der Waals surface area contributed by atoms with Crippen molar-refractivity contribution >= 4 is 21.6 Å². The Bertz CT molecular complexity index is 393. The normalized spacial score (nSPS) is 11.9. The summed E-state index contributed by atoms with van der Waals surface area (Å²) in [4.78, 5) is 0. The van der Waals surface area contributed by atoms with E-state index in [-0.39, 0.29) is 4.47 Å². The van der Waals surface area contributed by atoms with Crippen LogP contribution in [0.1, 0.15) is 5.56 Å². The molecule has 2 N–H and O–H groups in total. The van der Waals surface area contributed by atoms with Crippen LogP contribution in [0.2, 0.25) is 0 Å². The van der Waals surface area contributed by atoms with Crippen LogP contribution < -0.4 is 10.5 Å². The Balaban J connectivity index is 3.17. The van der Waals surface area contributed by atoms with Crippen molar-refractivity contribution in [2.75, 3.05) is 5.73 Å². The number of hydrogen-bond donors (Lipinski definition) is 1. The Morgan fingerprint density at radius 2 is 1.81 bits per heavy atom. The Kier molecular flexibility index (Phi) is 3.61. The van der Waals surface area contributed by atoms with Crippen molar-refractivity contribution in [3.8, 4) is 5.75 Å². The van der Waals surface area contributed by atoms with Crippen LogP contribution in [0, 0.1) is 0 Å². The smallest absolute Gasteiger partial charge is 0.418 e. The standard InChI is InChI=1S/C8H5BrF5NO/c9-4-1-3(8(12,13)14)5(15)2-6(4)16-7(10)11/h1-2,7H,15H2. The molecule has 0 saturated carbocycles. The molecule has 8 heteroatoms. The topological polar surface area (TPSA) is 35.2 Å². The SMILES string of the molecule is Nc1cc(OC(F)F)c(Br)cc1C(F)(F)F. The maximum absolute atomic E-state index is 12.3. The summed E-state index contributed by atoms with van der Waals surface area (Å²) in [5, 5.41) is 0. The van der Waals surface area contributed by atoms with E-state index < -0.39 is 29.8 Å². The van der Waals surface area contributed by atoms with Gasteiger partial charge >= 0.3 is 12.8 Å². The second kappa shape index (κ2) is 4.44. The molecule has 0 fully saturated rings. The van der Waals surface area contributed by atoms with Gasteiger partial charge in [0.2, 0.25) is 0 Å². The monoisotopic (exact) mass is 305 g/mol. The zero-order valence-corrected chi connectivity index (χ0v) is 9.07. The Hall–Kier alpha value is -1.05. The molecular weight excluding hydrogens is 301 g/mol. The van der Waals surface area contributed by atoms with Crippen LogP contribution in [0.15, 0.2) is 16.6 Å². The fraction of sp³-hybridized carbons (Fsp3) is 0.250. The lowest BCUT2D eigenvalue weighted by molar-refractivity contribution is -0.137. The summed E-state index contributed by atoms with van der Waals surface area (Å²) >= 11 is 2.69. The number of ether oxygens (including phenoxy) is 1. The zero-order chi connectivity index (χ0) is 12.5. The molecule has 0 saturated heterocycles. The van der Waals surface area contributed by atoms with Gasteiger partial charge in [0.25, 0.3) is 0 Å². The van der Waals surface area contributed by atoms with Gasteiger partial charge in [0.05, 0.1) is 10.0 Å². The van der Waals surface area contributed by atoms with Crippen LogP contribution in [0.25, 0.3) is 0 Å². The second-order valence-electron chi connectivity index (χ2n) is 2.75. The summed E-state index contributed by atoms with van der Waals surface area (Å²) in [6, 6.07) is 1.28. The van der Waals surface area contributed by atoms with Gasteiger partial charge in [0.1, 0.15) is 5.75 Å². The number of rotatable bonds is 2. The molecule has 0 bridgehead atoms. The molecule has 1 aromatic carbocycles. The first-order chi connectivity index (χ1) is 7.21. The maximum Gasteiger partial charge on any atom is 0.418 e. The van der Waals surface area contributed by atoms with Gasteiger partial charge in [0.15, 0.2) is 0 Å². The molecule has 2 nitrogen and oxygen atoms in total. The van der Waals surface area contributed by atoms with Gasteiger partial charge in [-0.25, -0.2) is 0 Å². The molecular formula is C8H5BrF5NO. The summed E-state index contributed by atoms with van der Waals surface area (Å²) in [6.45, 7) is -3.13. The molecule has 0 aliphatic carbocycles. The van der Waals surface area contributed by atoms with Crippen molar-refractivity contribution in [1.29, 1.82) is 0 Å². The van der Waals surface area contributed by atoms with Crippen molar-refractivity contribution in [3.63, 3.8) is 0 Å². The van der Waals surface area contributed by atoms with Gasteiger partial charge in [-0.3, -0.25) is 0 Å². The fourth-order valence-corrected chi connectivity index (χ4v) is 1.44. The van der Waals surface area contributed by atoms with Crippen LogP contribution in [0.4, 0.5) is 27.6 Å². The molecule has 0 aliphatic rings. The average Bonchev–Trinajstić information content (AvgIpc) is 2.07. The molecule has 0 aliphatic heterocycles. The van der Waals surface area contributed by atoms with E-state index in [1.165, 1.54) is 0 Å². The third kappa shape index (κ3) is 2.97. The van der Waals surface area contributed by atoms with Gasteiger partial charge in [-0.05, 0) is 22.0 Å². The van der Waals surface area contributed by atoms with E-state index in [1.807, 2.05) is 0 Å². The van der Waals surface area contributed by atoms with Gasteiger partial charge in [-0.15, -0.1) is 0 Å². The molecule has 0 amide bonds. The van der Waals surface area contributed by atoms with Crippen molar-refractivity contribution in [3.05, 3.63) is 22.2 Å². The highest BCUT2D eigenvalue weighted by Gasteiger charge is 2.34. The molecule has 0 heterocycles. The second-order valence-corrected chi connectivity index (χ2v) is 3.60. The highest BCUT2D eigenvalue weighted by Crippen LogP contribution is 2.39. The summed E-state index contributed by atoms with van der Waals surface area (Å²) in [5.74, 6) is -0.444. The number of anilines is 1. The molecule has 1 aromatic rings. The van der Waals surface area contributed by atoms with Crippen LogP contribution in [0.5, 0.6) is 5.75 Å². The third-order valence-electron chi connectivity index (χ3n) is 1.63. The minimum absolute atomic E-state index is 0.241. The summed E-state index contributed by atoms with van der Waals surface area (Å²) < 4.78 is 64.4. The van der Waals surface area contributed by atoms with E-state index in [9.17, 15) is 22.0 Å². The summed E-state index contributed by atoms with van der Waals surface area (Å²) in [5.41, 5.74) is 3.30. The van der Waals surface area contributed by atoms with Crippen LogP contribution in [-0.4, -0.2) is 6.61 Å². The fourth-order valence-electron chi connectivity index (χ4n) is 1.00. The predicted octanol–water partition coefficient (Wildman–Crippen LogP) is 3.65. The van der Waals surface area contributed by atoms with E-state index in [4.69, 9.17) is 5.73 Å². The van der Waals surface area contributed by atoms with Gasteiger partial charge in [-0.2, -0.15) is 22.0 Å². The lowest BCUT2D eigenvalue weighted by atomic mass is 10.1. The van der Waals surface area contributed by atoms with Gasteiger partial charge in [-0.1, -0.05) is 0 Å². The number of nitrogens with two attached hydrogens (primary N) is 1. The first kappa shape index (κ1) is 13.0. The molecule has 90 valence electrons. The third-order valence-corrected chi connectivity index (χ3v) is 2.25. The lowest BCUT2D eigenvalue weighted by Gasteiger charge is -2.13. The van der Waals surface area contributed by atoms with Crippen molar-refractivity contribution in [1.82, 2.24) is 0 Å². The van der Waals surface area contributed by atoms with E-state index >= 15 is 0 Å². The van der Waals surface area contributed by atoms with E-state index in [1.54, 1.807) is 0 Å². The van der Waals surface area contributed by atoms with Crippen molar-refractivity contribution < 1.29 is 26.7 Å². The molecule has 0 atom stereocenters. The van der Waals surface area contributed by atoms with E-state index in [0.29, 0.717) is 12.1 Å². The van der Waals surface area contributed by atoms with Crippen LogP contribution in [0.3, 0.4) is 0 Å². The minimum Gasteiger partial charge on any atom is -0.434 e. The maximum atomic E-state index is 12.3. The molecule has 16 heavy (non-hydrogen) atoms. The number of benzene rings is 1. The van der Waals surface area contributed by atoms with Crippen LogP contribution in [-0.2, 0) is 6.18 Å². The molecule has 1 rings (SSSR count). The molecule has 0 spiro atoms. The number of nitrogen functional groups attached to an aromatic ring is 1. The number of halogens is 6. The average molecular weight is 306 g/mol. The summed E-state index contributed by atoms with van der Waals surface area (Å²) in [6.07, 6.45) is -4.64. The van der Waals surface area contributed by atoms with Crippen molar-refractivity contribution in [2.45, 2.75) is 12.8 Å². The van der Waals surface area contributed by atoms with Crippen molar-refractivity contribution in [2.24, 2.45) is 0 Å². The Labute approximate surface area is 95.3 Å². The van der Waals surface area contributed by atoms with E-state index in [0.717, 1.165) is 0 Å². The van der Waals surface area contributed by atoms with Crippen LogP contribution >= 0.6 is 15.9 Å². The summed E-state index contributed by atoms with van der Waals surface area (Å²) in [7, 11) is 0. The highest BCUT2D eigenvalue weighted by atomic mass is 79.9. The van der Waals surface area contributed by atoms with Gasteiger partial charge in [0, 0.05) is 11.8 Å². The zero-order valence-electron chi connectivity index (χ0n) is 7.49. The van der Waals surface area contributed by atoms with E-state index in [2.05, 4.69) is 20.7 Å². The highest BCUT2D eigenvalue weighted by molar-refractivity contribution is 9.10. The quantitative estimate of drug-likeness (QED) is 0.668. The Morgan fingerprint density at radius 1 is 1.25 bits per heavy atom. The molecule has 0 radical (unpaired) electrons. The lowest BCUT2D eigenvalue weighted by Crippen LogP contribution is -2.10. The Morgan fingerprint density at radius 3 is 2.25 bits per heavy atom. The van der Waals surface area contributed by atoms with Gasteiger partial charge < -0.3 is 10.5 Å². The largest absolute Gasteiger partial charge is 0.434 e. The number of alkyl halides is 5. The molecule has 0 unspecified atom stereocenters. The first-order valence-corrected chi connectivity index (χ1v) is 4.62. The first-order valence-electron chi connectivity index (χ1n) is 3.83. The predicted molar refractivity (Wildman–Crippen MR) is 50.2 cm³/mol. The number of hydrogen-bond acceptors (Lipinski definition) is 2.